The van der Waals surface area contributed by atoms with Crippen molar-refractivity contribution in [2.45, 2.75) is 33.0 Å². The molecule has 0 fully saturated rings. The van der Waals surface area contributed by atoms with Crippen molar-refractivity contribution in [1.82, 2.24) is 19.2 Å². The number of aryl methyl sites for hydroxylation is 1. The fourth-order valence-electron chi connectivity index (χ4n) is 3.98. The first-order valence-corrected chi connectivity index (χ1v) is 10.4. The first-order chi connectivity index (χ1) is 15.1. The van der Waals surface area contributed by atoms with Gasteiger partial charge >= 0.3 is 0 Å². The second-order valence-electron chi connectivity index (χ2n) is 7.85. The highest BCUT2D eigenvalue weighted by molar-refractivity contribution is 5.81. The third-order valence-corrected chi connectivity index (χ3v) is 5.57. The minimum absolute atomic E-state index is 0.0396. The molecule has 4 aromatic rings. The van der Waals surface area contributed by atoms with E-state index in [0.717, 1.165) is 22.8 Å². The zero-order valence-electron chi connectivity index (χ0n) is 17.6. The minimum atomic E-state index is -0.564. The van der Waals surface area contributed by atoms with Crippen LogP contribution >= 0.6 is 0 Å². The maximum atomic E-state index is 13.1. The highest BCUT2D eigenvalue weighted by atomic mass is 16.5. The lowest BCUT2D eigenvalue weighted by atomic mass is 10.2. The standard InChI is InChI=1S/C25H24N4O2/c1-18-10-12-20(13-11-18)29-24(27-14-6-7-15-27)22-16-28(17-23(22)26-29)25(30)19(2)31-21-8-4-3-5-9-21/h3-15,19H,16-17H2,1-2H3. The monoisotopic (exact) mass is 412 g/mol. The molecule has 6 nitrogen and oxygen atoms in total. The third-order valence-electron chi connectivity index (χ3n) is 5.57. The van der Waals surface area contributed by atoms with Crippen molar-refractivity contribution in [1.29, 1.82) is 0 Å². The van der Waals surface area contributed by atoms with Crippen LogP contribution in [0.4, 0.5) is 0 Å². The van der Waals surface area contributed by atoms with Gasteiger partial charge in [0.25, 0.3) is 5.91 Å². The lowest BCUT2D eigenvalue weighted by Gasteiger charge is -2.22. The molecule has 1 unspecified atom stereocenters. The van der Waals surface area contributed by atoms with Crippen molar-refractivity contribution in [3.63, 3.8) is 0 Å². The Morgan fingerprint density at radius 3 is 2.39 bits per heavy atom. The predicted octanol–water partition coefficient (Wildman–Crippen LogP) is 4.28. The van der Waals surface area contributed by atoms with Crippen LogP contribution in [0.15, 0.2) is 79.1 Å². The Labute approximate surface area is 181 Å². The third kappa shape index (κ3) is 3.61. The number of hydrogen-bond acceptors (Lipinski definition) is 3. The number of aromatic nitrogens is 3. The van der Waals surface area contributed by atoms with Gasteiger partial charge in [0, 0.05) is 18.0 Å². The normalized spacial score (nSPS) is 13.8. The minimum Gasteiger partial charge on any atom is -0.481 e. The summed E-state index contributed by atoms with van der Waals surface area (Å²) < 4.78 is 9.88. The summed E-state index contributed by atoms with van der Waals surface area (Å²) in [6.45, 7) is 4.85. The number of fused-ring (bicyclic) bond motifs is 1. The van der Waals surface area contributed by atoms with Gasteiger partial charge in [-0.25, -0.2) is 4.68 Å². The summed E-state index contributed by atoms with van der Waals surface area (Å²) in [6.07, 6.45) is 3.45. The van der Waals surface area contributed by atoms with Gasteiger partial charge < -0.3 is 14.2 Å². The summed E-state index contributed by atoms with van der Waals surface area (Å²) in [5.74, 6) is 1.62. The van der Waals surface area contributed by atoms with Crippen molar-refractivity contribution in [3.8, 4) is 17.3 Å². The van der Waals surface area contributed by atoms with E-state index in [0.29, 0.717) is 18.8 Å². The fraction of sp³-hybridized carbons (Fsp3) is 0.200. The summed E-state index contributed by atoms with van der Waals surface area (Å²) in [5.41, 5.74) is 4.19. The Hall–Kier alpha value is -3.80. The van der Waals surface area contributed by atoms with Crippen LogP contribution in [0.2, 0.25) is 0 Å². The van der Waals surface area contributed by atoms with Crippen molar-refractivity contribution in [3.05, 3.63) is 95.9 Å². The summed E-state index contributed by atoms with van der Waals surface area (Å²) in [5, 5.41) is 4.88. The number of carbonyl (C=O) groups is 1. The van der Waals surface area contributed by atoms with E-state index in [2.05, 4.69) is 35.8 Å². The van der Waals surface area contributed by atoms with Crippen LogP contribution in [0, 0.1) is 6.92 Å². The molecule has 0 bridgehead atoms. The van der Waals surface area contributed by atoms with Crippen LogP contribution in [-0.4, -0.2) is 31.3 Å². The van der Waals surface area contributed by atoms with Gasteiger partial charge in [-0.2, -0.15) is 5.10 Å². The Morgan fingerprint density at radius 2 is 1.68 bits per heavy atom. The molecular weight excluding hydrogens is 388 g/mol. The first-order valence-electron chi connectivity index (χ1n) is 10.4. The molecule has 2 aromatic heterocycles. The van der Waals surface area contributed by atoms with Gasteiger partial charge in [0.15, 0.2) is 6.10 Å². The number of hydrogen-bond donors (Lipinski definition) is 0. The number of benzene rings is 2. The summed E-state index contributed by atoms with van der Waals surface area (Å²) >= 11 is 0. The van der Waals surface area contributed by atoms with Gasteiger partial charge in [-0.1, -0.05) is 35.9 Å². The maximum absolute atomic E-state index is 13.1. The topological polar surface area (TPSA) is 52.3 Å². The Kier molecular flexibility index (Phi) is 4.82. The fourth-order valence-corrected chi connectivity index (χ4v) is 3.98. The summed E-state index contributed by atoms with van der Waals surface area (Å²) in [7, 11) is 0. The van der Waals surface area contributed by atoms with Gasteiger partial charge in [0.05, 0.1) is 24.5 Å². The number of rotatable bonds is 5. The van der Waals surface area contributed by atoms with Crippen molar-refractivity contribution < 1.29 is 9.53 Å². The van der Waals surface area contributed by atoms with Crippen LogP contribution in [0.1, 0.15) is 23.7 Å². The molecule has 0 radical (unpaired) electrons. The van der Waals surface area contributed by atoms with Crippen LogP contribution in [0.3, 0.4) is 0 Å². The first kappa shape index (κ1) is 19.2. The van der Waals surface area contributed by atoms with E-state index in [9.17, 15) is 4.79 Å². The van der Waals surface area contributed by atoms with Crippen LogP contribution in [0.5, 0.6) is 5.75 Å². The molecule has 3 heterocycles. The molecule has 2 aromatic carbocycles. The molecule has 1 aliphatic rings. The molecule has 0 N–H and O–H groups in total. The number of para-hydroxylation sites is 1. The van der Waals surface area contributed by atoms with Gasteiger partial charge in [0.1, 0.15) is 11.6 Å². The van der Waals surface area contributed by atoms with E-state index in [1.54, 1.807) is 6.92 Å². The zero-order valence-corrected chi connectivity index (χ0v) is 17.6. The number of ether oxygens (including phenoxy) is 1. The van der Waals surface area contributed by atoms with Gasteiger partial charge in [-0.3, -0.25) is 4.79 Å². The van der Waals surface area contributed by atoms with E-state index >= 15 is 0 Å². The summed E-state index contributed by atoms with van der Waals surface area (Å²) in [6, 6.07) is 21.7. The van der Waals surface area contributed by atoms with Crippen LogP contribution in [0.25, 0.3) is 11.5 Å². The number of amides is 1. The molecule has 1 amide bonds. The average molecular weight is 412 g/mol. The van der Waals surface area contributed by atoms with E-state index in [1.807, 2.05) is 64.4 Å². The van der Waals surface area contributed by atoms with Crippen LogP contribution < -0.4 is 4.74 Å². The lowest BCUT2D eigenvalue weighted by molar-refractivity contribution is -0.138. The molecule has 0 aliphatic carbocycles. The molecule has 6 heteroatoms. The summed E-state index contributed by atoms with van der Waals surface area (Å²) in [4.78, 5) is 14.9. The highest BCUT2D eigenvalue weighted by Gasteiger charge is 2.33. The number of carbonyl (C=O) groups excluding carboxylic acids is 1. The van der Waals surface area contributed by atoms with E-state index in [4.69, 9.17) is 9.84 Å². The maximum Gasteiger partial charge on any atom is 0.264 e. The van der Waals surface area contributed by atoms with Crippen molar-refractivity contribution >= 4 is 5.91 Å². The van der Waals surface area contributed by atoms with Gasteiger partial charge in [0.2, 0.25) is 0 Å². The average Bonchev–Trinajstić information content (AvgIpc) is 3.50. The molecule has 31 heavy (non-hydrogen) atoms. The molecule has 5 rings (SSSR count). The quantitative estimate of drug-likeness (QED) is 0.492. The van der Waals surface area contributed by atoms with E-state index in [1.165, 1.54) is 5.56 Å². The Bertz CT molecular complexity index is 1190. The molecule has 1 aliphatic heterocycles. The lowest BCUT2D eigenvalue weighted by Crippen LogP contribution is -2.37. The van der Waals surface area contributed by atoms with E-state index in [-0.39, 0.29) is 5.91 Å². The molecule has 0 saturated carbocycles. The Morgan fingerprint density at radius 1 is 0.968 bits per heavy atom. The second-order valence-corrected chi connectivity index (χ2v) is 7.85. The second kappa shape index (κ2) is 7.80. The van der Waals surface area contributed by atoms with Crippen LogP contribution in [-0.2, 0) is 17.9 Å². The zero-order chi connectivity index (χ0) is 21.4. The Balaban J connectivity index is 1.43. The highest BCUT2D eigenvalue weighted by Crippen LogP contribution is 2.31. The largest absolute Gasteiger partial charge is 0.481 e. The SMILES string of the molecule is Cc1ccc(-n2nc3c(c2-n2cccc2)CN(C(=O)C(C)Oc2ccccc2)C3)cc1. The smallest absolute Gasteiger partial charge is 0.264 e. The van der Waals surface area contributed by atoms with Gasteiger partial charge in [-0.05, 0) is 50.2 Å². The molecule has 0 spiro atoms. The van der Waals surface area contributed by atoms with Gasteiger partial charge in [-0.15, -0.1) is 0 Å². The van der Waals surface area contributed by atoms with E-state index < -0.39 is 6.10 Å². The predicted molar refractivity (Wildman–Crippen MR) is 118 cm³/mol. The van der Waals surface area contributed by atoms with Crippen molar-refractivity contribution in [2.24, 2.45) is 0 Å². The van der Waals surface area contributed by atoms with Crippen molar-refractivity contribution in [2.75, 3.05) is 0 Å². The molecular formula is C25H24N4O2. The molecule has 1 atom stereocenters. The number of nitrogens with zero attached hydrogens (tertiary/aromatic N) is 4. The molecule has 156 valence electrons. The molecule has 0 saturated heterocycles.